The standard InChI is InChI=1S/C13H22N2O4/c1-13(2)4-3-9(7-13)14-12(18)15-5-6-19-8-10(15)11(16)17/h9-10H,3-8H2,1-2H3,(H,14,18)(H,16,17). The number of ether oxygens (including phenoxy) is 1. The number of carbonyl (C=O) groups excluding carboxylic acids is 1. The number of nitrogens with zero attached hydrogens (tertiary/aromatic N) is 1. The Bertz CT molecular complexity index is 370. The molecule has 2 rings (SSSR count). The van der Waals surface area contributed by atoms with Gasteiger partial charge in [-0.05, 0) is 24.7 Å². The summed E-state index contributed by atoms with van der Waals surface area (Å²) in [5.41, 5.74) is 0.259. The van der Waals surface area contributed by atoms with Crippen LogP contribution in [0.25, 0.3) is 0 Å². The molecule has 0 aromatic heterocycles. The van der Waals surface area contributed by atoms with Gasteiger partial charge in [0.25, 0.3) is 0 Å². The molecule has 2 fully saturated rings. The maximum absolute atomic E-state index is 12.2. The lowest BCUT2D eigenvalue weighted by molar-refractivity contribution is -0.147. The summed E-state index contributed by atoms with van der Waals surface area (Å²) < 4.78 is 5.12. The van der Waals surface area contributed by atoms with E-state index in [2.05, 4.69) is 19.2 Å². The van der Waals surface area contributed by atoms with Gasteiger partial charge in [-0.2, -0.15) is 0 Å². The highest BCUT2D eigenvalue weighted by atomic mass is 16.5. The third-order valence-electron chi connectivity index (χ3n) is 3.97. The van der Waals surface area contributed by atoms with Crippen LogP contribution in [0, 0.1) is 5.41 Å². The van der Waals surface area contributed by atoms with Crippen LogP contribution < -0.4 is 5.32 Å². The van der Waals surface area contributed by atoms with Crippen LogP contribution in [0.4, 0.5) is 4.79 Å². The van der Waals surface area contributed by atoms with Crippen LogP contribution in [0.2, 0.25) is 0 Å². The summed E-state index contributed by atoms with van der Waals surface area (Å²) in [5, 5.41) is 12.1. The Labute approximate surface area is 113 Å². The first-order valence-electron chi connectivity index (χ1n) is 6.77. The summed E-state index contributed by atoms with van der Waals surface area (Å²) in [4.78, 5) is 24.7. The molecule has 2 atom stereocenters. The molecule has 2 aliphatic rings. The summed E-state index contributed by atoms with van der Waals surface area (Å²) in [6.45, 7) is 5.17. The molecule has 6 nitrogen and oxygen atoms in total. The molecule has 0 radical (unpaired) electrons. The smallest absolute Gasteiger partial charge is 0.328 e. The van der Waals surface area contributed by atoms with Crippen molar-refractivity contribution in [1.82, 2.24) is 10.2 Å². The van der Waals surface area contributed by atoms with Gasteiger partial charge in [-0.25, -0.2) is 9.59 Å². The van der Waals surface area contributed by atoms with Crippen molar-refractivity contribution in [2.24, 2.45) is 5.41 Å². The Morgan fingerprint density at radius 1 is 1.42 bits per heavy atom. The first-order chi connectivity index (χ1) is 8.89. The molecule has 19 heavy (non-hydrogen) atoms. The second-order valence-electron chi connectivity index (χ2n) is 6.18. The number of hydrogen-bond donors (Lipinski definition) is 2. The predicted molar refractivity (Wildman–Crippen MR) is 68.9 cm³/mol. The maximum atomic E-state index is 12.2. The van der Waals surface area contributed by atoms with E-state index >= 15 is 0 Å². The van der Waals surface area contributed by atoms with Crippen LogP contribution in [0.1, 0.15) is 33.1 Å². The number of carbonyl (C=O) groups is 2. The number of amides is 2. The summed E-state index contributed by atoms with van der Waals surface area (Å²) >= 11 is 0. The summed E-state index contributed by atoms with van der Waals surface area (Å²) in [6.07, 6.45) is 2.99. The number of hydrogen-bond acceptors (Lipinski definition) is 3. The van der Waals surface area contributed by atoms with Gasteiger partial charge in [-0.15, -0.1) is 0 Å². The summed E-state index contributed by atoms with van der Waals surface area (Å²) in [6, 6.07) is -0.999. The molecule has 0 spiro atoms. The molecule has 0 bridgehead atoms. The van der Waals surface area contributed by atoms with Crippen molar-refractivity contribution in [3.8, 4) is 0 Å². The Kier molecular flexibility index (Phi) is 3.99. The second kappa shape index (κ2) is 5.36. The summed E-state index contributed by atoms with van der Waals surface area (Å²) in [7, 11) is 0. The highest BCUT2D eigenvalue weighted by Gasteiger charge is 2.36. The zero-order valence-electron chi connectivity index (χ0n) is 11.5. The third-order valence-corrected chi connectivity index (χ3v) is 3.97. The number of urea groups is 1. The Balaban J connectivity index is 1.93. The fourth-order valence-electron chi connectivity index (χ4n) is 2.87. The SMILES string of the molecule is CC1(C)CCC(NC(=O)N2CCOCC2C(=O)O)C1. The monoisotopic (exact) mass is 270 g/mol. The van der Waals surface area contributed by atoms with Crippen molar-refractivity contribution in [3.05, 3.63) is 0 Å². The Hall–Kier alpha value is -1.30. The van der Waals surface area contributed by atoms with E-state index in [4.69, 9.17) is 9.84 Å². The minimum atomic E-state index is -1.01. The maximum Gasteiger partial charge on any atom is 0.328 e. The average molecular weight is 270 g/mol. The highest BCUT2D eigenvalue weighted by molar-refractivity contribution is 5.83. The van der Waals surface area contributed by atoms with Crippen LogP contribution >= 0.6 is 0 Å². The molecule has 1 saturated carbocycles. The van der Waals surface area contributed by atoms with Crippen LogP contribution in [0.5, 0.6) is 0 Å². The number of nitrogens with one attached hydrogen (secondary N) is 1. The van der Waals surface area contributed by atoms with Crippen molar-refractivity contribution >= 4 is 12.0 Å². The fraction of sp³-hybridized carbons (Fsp3) is 0.846. The van der Waals surface area contributed by atoms with Crippen molar-refractivity contribution < 1.29 is 19.4 Å². The molecule has 1 heterocycles. The highest BCUT2D eigenvalue weighted by Crippen LogP contribution is 2.36. The molecular formula is C13H22N2O4. The predicted octanol–water partition coefficient (Wildman–Crippen LogP) is 1.06. The van der Waals surface area contributed by atoms with E-state index in [-0.39, 0.29) is 24.1 Å². The molecule has 1 aliphatic heterocycles. The van der Waals surface area contributed by atoms with E-state index in [1.165, 1.54) is 4.90 Å². The molecule has 2 N–H and O–H groups in total. The molecule has 108 valence electrons. The topological polar surface area (TPSA) is 78.9 Å². The van der Waals surface area contributed by atoms with Gasteiger partial charge in [0.05, 0.1) is 13.2 Å². The molecule has 0 aromatic carbocycles. The number of carboxylic acids is 1. The van der Waals surface area contributed by atoms with E-state index in [1.54, 1.807) is 0 Å². The van der Waals surface area contributed by atoms with Gasteiger partial charge in [-0.3, -0.25) is 0 Å². The minimum Gasteiger partial charge on any atom is -0.480 e. The molecule has 2 unspecified atom stereocenters. The number of carboxylic acid groups (broad SMARTS) is 1. The van der Waals surface area contributed by atoms with E-state index in [1.807, 2.05) is 0 Å². The Morgan fingerprint density at radius 2 is 2.16 bits per heavy atom. The lowest BCUT2D eigenvalue weighted by Crippen LogP contribution is -2.56. The number of rotatable bonds is 2. The van der Waals surface area contributed by atoms with Gasteiger partial charge in [0.2, 0.25) is 0 Å². The van der Waals surface area contributed by atoms with Crippen molar-refractivity contribution in [2.75, 3.05) is 19.8 Å². The number of aliphatic carboxylic acids is 1. The zero-order valence-corrected chi connectivity index (χ0v) is 11.5. The van der Waals surface area contributed by atoms with E-state index in [9.17, 15) is 9.59 Å². The van der Waals surface area contributed by atoms with Gasteiger partial charge in [0, 0.05) is 12.6 Å². The van der Waals surface area contributed by atoms with Crippen LogP contribution in [-0.4, -0.2) is 53.8 Å². The van der Waals surface area contributed by atoms with Gasteiger partial charge < -0.3 is 20.1 Å². The first kappa shape index (κ1) is 14.1. The normalized spacial score (nSPS) is 30.1. The zero-order chi connectivity index (χ0) is 14.0. The third kappa shape index (κ3) is 3.37. The molecule has 6 heteroatoms. The average Bonchev–Trinajstić information content (AvgIpc) is 2.68. The molecule has 1 aliphatic carbocycles. The molecular weight excluding hydrogens is 248 g/mol. The van der Waals surface area contributed by atoms with Crippen LogP contribution in [-0.2, 0) is 9.53 Å². The first-order valence-corrected chi connectivity index (χ1v) is 6.77. The van der Waals surface area contributed by atoms with Gasteiger partial charge >= 0.3 is 12.0 Å². The van der Waals surface area contributed by atoms with Crippen molar-refractivity contribution in [3.63, 3.8) is 0 Å². The van der Waals surface area contributed by atoms with Crippen molar-refractivity contribution in [1.29, 1.82) is 0 Å². The van der Waals surface area contributed by atoms with Crippen LogP contribution in [0.3, 0.4) is 0 Å². The molecule has 0 aromatic rings. The van der Waals surface area contributed by atoms with Crippen LogP contribution in [0.15, 0.2) is 0 Å². The van der Waals surface area contributed by atoms with E-state index in [0.29, 0.717) is 13.2 Å². The summed E-state index contributed by atoms with van der Waals surface area (Å²) in [5.74, 6) is -1.01. The van der Waals surface area contributed by atoms with E-state index in [0.717, 1.165) is 19.3 Å². The van der Waals surface area contributed by atoms with Gasteiger partial charge in [0.1, 0.15) is 0 Å². The number of morpholine rings is 1. The largest absolute Gasteiger partial charge is 0.480 e. The lowest BCUT2D eigenvalue weighted by Gasteiger charge is -2.33. The van der Waals surface area contributed by atoms with E-state index < -0.39 is 12.0 Å². The fourth-order valence-corrected chi connectivity index (χ4v) is 2.87. The molecule has 2 amide bonds. The molecule has 1 saturated heterocycles. The minimum absolute atomic E-state index is 0.0684. The van der Waals surface area contributed by atoms with Gasteiger partial charge in [-0.1, -0.05) is 13.8 Å². The lowest BCUT2D eigenvalue weighted by atomic mass is 9.92. The van der Waals surface area contributed by atoms with Gasteiger partial charge in [0.15, 0.2) is 6.04 Å². The quantitative estimate of drug-likeness (QED) is 0.786. The Morgan fingerprint density at radius 3 is 2.74 bits per heavy atom. The van der Waals surface area contributed by atoms with Crippen molar-refractivity contribution in [2.45, 2.75) is 45.2 Å². The second-order valence-corrected chi connectivity index (χ2v) is 6.18.